The second-order valence-corrected chi connectivity index (χ2v) is 5.22. The summed E-state index contributed by atoms with van der Waals surface area (Å²) < 4.78 is 24.2. The first kappa shape index (κ1) is 17.3. The van der Waals surface area contributed by atoms with Crippen LogP contribution in [0.2, 0.25) is 0 Å². The predicted molar refractivity (Wildman–Crippen MR) is 92.2 cm³/mol. The molecule has 0 saturated carbocycles. The van der Waals surface area contributed by atoms with Gasteiger partial charge in [-0.1, -0.05) is 12.1 Å². The molecule has 0 spiro atoms. The van der Waals surface area contributed by atoms with E-state index in [0.717, 1.165) is 0 Å². The van der Waals surface area contributed by atoms with E-state index in [4.69, 9.17) is 9.15 Å². The topological polar surface area (TPSA) is 81.4 Å². The molecular weight excluding hydrogens is 339 g/mol. The largest absolute Gasteiger partial charge is 0.461 e. The zero-order valence-corrected chi connectivity index (χ0v) is 13.9. The Morgan fingerprint density at radius 3 is 2.73 bits per heavy atom. The molecule has 1 amide bonds. The Hall–Kier alpha value is -3.48. The van der Waals surface area contributed by atoms with Crippen LogP contribution in [-0.2, 0) is 4.74 Å². The van der Waals surface area contributed by atoms with E-state index in [0.29, 0.717) is 0 Å². The molecular formula is C19H15FN2O4. The summed E-state index contributed by atoms with van der Waals surface area (Å²) >= 11 is 0. The van der Waals surface area contributed by atoms with Crippen molar-refractivity contribution in [1.82, 2.24) is 4.98 Å². The van der Waals surface area contributed by atoms with Gasteiger partial charge in [-0.15, -0.1) is 0 Å². The fourth-order valence-electron chi connectivity index (χ4n) is 2.32. The molecule has 0 aliphatic carbocycles. The normalized spacial score (nSPS) is 10.4. The van der Waals surface area contributed by atoms with E-state index in [2.05, 4.69) is 10.3 Å². The van der Waals surface area contributed by atoms with Crippen LogP contribution in [0.25, 0.3) is 11.3 Å². The maximum Gasteiger partial charge on any atom is 0.359 e. The fourth-order valence-corrected chi connectivity index (χ4v) is 2.32. The first-order valence-electron chi connectivity index (χ1n) is 7.88. The third-order valence-corrected chi connectivity index (χ3v) is 3.49. The number of carbonyl (C=O) groups is 2. The zero-order valence-electron chi connectivity index (χ0n) is 13.9. The molecule has 0 fully saturated rings. The Morgan fingerprint density at radius 2 is 1.96 bits per heavy atom. The van der Waals surface area contributed by atoms with E-state index >= 15 is 0 Å². The van der Waals surface area contributed by atoms with Crippen molar-refractivity contribution in [2.24, 2.45) is 0 Å². The lowest BCUT2D eigenvalue weighted by molar-refractivity contribution is 0.0521. The van der Waals surface area contributed by atoms with Crippen LogP contribution >= 0.6 is 0 Å². The Bertz CT molecular complexity index is 952. The summed E-state index contributed by atoms with van der Waals surface area (Å²) in [5, 5.41) is 2.56. The predicted octanol–water partition coefficient (Wildman–Crippen LogP) is 3.91. The monoisotopic (exact) mass is 354 g/mol. The van der Waals surface area contributed by atoms with Crippen molar-refractivity contribution >= 4 is 17.6 Å². The van der Waals surface area contributed by atoms with Gasteiger partial charge in [-0.25, -0.2) is 14.2 Å². The first-order valence-corrected chi connectivity index (χ1v) is 7.88. The SMILES string of the molecule is CCOC(=O)c1ncccc1NC(=O)c1ccc(-c2ccccc2F)o1. The van der Waals surface area contributed by atoms with Crippen LogP contribution in [0.5, 0.6) is 0 Å². The molecule has 3 aromatic rings. The Balaban J connectivity index is 1.82. The van der Waals surface area contributed by atoms with E-state index in [9.17, 15) is 14.0 Å². The molecule has 0 aliphatic heterocycles. The van der Waals surface area contributed by atoms with Gasteiger partial charge in [-0.05, 0) is 43.3 Å². The number of pyridine rings is 1. The van der Waals surface area contributed by atoms with Gasteiger partial charge in [-0.3, -0.25) is 4.79 Å². The van der Waals surface area contributed by atoms with Crippen molar-refractivity contribution in [2.45, 2.75) is 6.92 Å². The van der Waals surface area contributed by atoms with Gasteiger partial charge < -0.3 is 14.5 Å². The molecule has 1 aromatic carbocycles. The number of nitrogens with zero attached hydrogens (tertiary/aromatic N) is 1. The minimum atomic E-state index is -0.644. The minimum Gasteiger partial charge on any atom is -0.461 e. The standard InChI is InChI=1S/C19H15FN2O4/c1-2-25-19(24)17-14(8-5-11-21-17)22-18(23)16-10-9-15(26-16)12-6-3-4-7-13(12)20/h3-11H,2H2,1H3,(H,22,23). The smallest absolute Gasteiger partial charge is 0.359 e. The lowest BCUT2D eigenvalue weighted by Gasteiger charge is -2.08. The second kappa shape index (κ2) is 7.60. The molecule has 6 nitrogen and oxygen atoms in total. The molecule has 1 N–H and O–H groups in total. The zero-order chi connectivity index (χ0) is 18.5. The maximum atomic E-state index is 13.8. The number of benzene rings is 1. The van der Waals surface area contributed by atoms with Crippen LogP contribution in [0.4, 0.5) is 10.1 Å². The Kier molecular flexibility index (Phi) is 5.07. The number of anilines is 1. The summed E-state index contributed by atoms with van der Waals surface area (Å²) in [5.74, 6) is -1.49. The molecule has 2 aromatic heterocycles. The van der Waals surface area contributed by atoms with E-state index < -0.39 is 17.7 Å². The average molecular weight is 354 g/mol. The number of furan rings is 1. The summed E-state index contributed by atoms with van der Waals surface area (Å²) in [6, 6.07) is 12.1. The number of hydrogen-bond acceptors (Lipinski definition) is 5. The van der Waals surface area contributed by atoms with Gasteiger partial charge >= 0.3 is 5.97 Å². The number of nitrogens with one attached hydrogen (secondary N) is 1. The second-order valence-electron chi connectivity index (χ2n) is 5.22. The summed E-state index contributed by atoms with van der Waals surface area (Å²) in [6.45, 7) is 1.86. The highest BCUT2D eigenvalue weighted by Gasteiger charge is 2.19. The highest BCUT2D eigenvalue weighted by molar-refractivity contribution is 6.06. The summed E-state index contributed by atoms with van der Waals surface area (Å²) in [5.41, 5.74) is 0.434. The lowest BCUT2D eigenvalue weighted by atomic mass is 10.1. The molecule has 0 unspecified atom stereocenters. The van der Waals surface area contributed by atoms with Gasteiger partial charge in [0.1, 0.15) is 11.6 Å². The minimum absolute atomic E-state index is 0.0106. The van der Waals surface area contributed by atoms with E-state index in [1.165, 1.54) is 30.5 Å². The molecule has 7 heteroatoms. The van der Waals surface area contributed by atoms with Gasteiger partial charge in [0.05, 0.1) is 17.9 Å². The quantitative estimate of drug-likeness (QED) is 0.703. The van der Waals surface area contributed by atoms with Crippen molar-refractivity contribution in [3.05, 3.63) is 72.0 Å². The van der Waals surface area contributed by atoms with Crippen molar-refractivity contribution in [3.63, 3.8) is 0 Å². The average Bonchev–Trinajstić information content (AvgIpc) is 3.13. The number of hydrogen-bond donors (Lipinski definition) is 1. The van der Waals surface area contributed by atoms with Crippen LogP contribution in [0.15, 0.2) is 59.1 Å². The molecule has 132 valence electrons. The third-order valence-electron chi connectivity index (χ3n) is 3.49. The third kappa shape index (κ3) is 3.61. The summed E-state index contributed by atoms with van der Waals surface area (Å²) in [7, 11) is 0. The van der Waals surface area contributed by atoms with E-state index in [1.807, 2.05) is 0 Å². The first-order chi connectivity index (χ1) is 12.6. The molecule has 0 radical (unpaired) electrons. The molecule has 0 saturated heterocycles. The Labute approximate surface area is 148 Å². The van der Waals surface area contributed by atoms with E-state index in [-0.39, 0.29) is 35.1 Å². The Morgan fingerprint density at radius 1 is 1.15 bits per heavy atom. The highest BCUT2D eigenvalue weighted by atomic mass is 19.1. The number of rotatable bonds is 5. The van der Waals surface area contributed by atoms with Gasteiger partial charge in [0, 0.05) is 6.20 Å². The molecule has 0 bridgehead atoms. The van der Waals surface area contributed by atoms with Crippen LogP contribution in [0.3, 0.4) is 0 Å². The highest BCUT2D eigenvalue weighted by Crippen LogP contribution is 2.25. The van der Waals surface area contributed by atoms with Gasteiger partial charge in [0.25, 0.3) is 5.91 Å². The van der Waals surface area contributed by atoms with Crippen LogP contribution in [0, 0.1) is 5.82 Å². The van der Waals surface area contributed by atoms with Crippen LogP contribution in [-0.4, -0.2) is 23.5 Å². The number of aromatic nitrogens is 1. The summed E-state index contributed by atoms with van der Waals surface area (Å²) in [4.78, 5) is 28.2. The molecule has 0 atom stereocenters. The lowest BCUT2D eigenvalue weighted by Crippen LogP contribution is -2.16. The number of carbonyl (C=O) groups excluding carboxylic acids is 2. The number of esters is 1. The van der Waals surface area contributed by atoms with E-state index in [1.54, 1.807) is 31.2 Å². The maximum absolute atomic E-state index is 13.8. The van der Waals surface area contributed by atoms with Crippen LogP contribution in [0.1, 0.15) is 28.0 Å². The number of halogens is 1. The molecule has 2 heterocycles. The number of amides is 1. The van der Waals surface area contributed by atoms with Crippen molar-refractivity contribution in [3.8, 4) is 11.3 Å². The van der Waals surface area contributed by atoms with Gasteiger partial charge in [0.15, 0.2) is 11.5 Å². The fraction of sp³-hybridized carbons (Fsp3) is 0.105. The molecule has 3 rings (SSSR count). The molecule has 26 heavy (non-hydrogen) atoms. The van der Waals surface area contributed by atoms with Crippen molar-refractivity contribution < 1.29 is 23.1 Å². The van der Waals surface area contributed by atoms with Crippen molar-refractivity contribution in [2.75, 3.05) is 11.9 Å². The summed E-state index contributed by atoms with van der Waals surface area (Å²) in [6.07, 6.45) is 1.42. The van der Waals surface area contributed by atoms with Gasteiger partial charge in [-0.2, -0.15) is 0 Å². The molecule has 0 aliphatic rings. The van der Waals surface area contributed by atoms with Crippen LogP contribution < -0.4 is 5.32 Å². The van der Waals surface area contributed by atoms with Gasteiger partial charge in [0.2, 0.25) is 0 Å². The number of ether oxygens (including phenoxy) is 1. The van der Waals surface area contributed by atoms with Crippen molar-refractivity contribution in [1.29, 1.82) is 0 Å².